The van der Waals surface area contributed by atoms with Gasteiger partial charge in [-0.1, -0.05) is 33.1 Å². The first-order chi connectivity index (χ1) is 8.27. The number of nitrogens with zero attached hydrogens (tertiary/aromatic N) is 3. The Morgan fingerprint density at radius 3 is 2.82 bits per heavy atom. The lowest BCUT2D eigenvalue weighted by atomic mass is 9.95. The van der Waals surface area contributed by atoms with Crippen molar-refractivity contribution in [2.75, 3.05) is 6.54 Å². The summed E-state index contributed by atoms with van der Waals surface area (Å²) in [5.41, 5.74) is 0. The normalized spacial score (nSPS) is 17.8. The monoisotopic (exact) mass is 236 g/mol. The van der Waals surface area contributed by atoms with E-state index in [1.807, 2.05) is 0 Å². The van der Waals surface area contributed by atoms with Crippen LogP contribution in [0.5, 0.6) is 0 Å². The van der Waals surface area contributed by atoms with Gasteiger partial charge in [-0.25, -0.2) is 9.67 Å². The molecule has 0 spiro atoms. The molecule has 96 valence electrons. The van der Waals surface area contributed by atoms with Crippen LogP contribution < -0.4 is 5.32 Å². The quantitative estimate of drug-likeness (QED) is 0.854. The third-order valence-corrected chi connectivity index (χ3v) is 3.40. The molecular formula is C13H24N4. The molecule has 0 atom stereocenters. The molecule has 1 heterocycles. The van der Waals surface area contributed by atoms with E-state index >= 15 is 0 Å². The zero-order valence-electron chi connectivity index (χ0n) is 11.0. The summed E-state index contributed by atoms with van der Waals surface area (Å²) >= 11 is 0. The van der Waals surface area contributed by atoms with Gasteiger partial charge in [0.25, 0.3) is 0 Å². The van der Waals surface area contributed by atoms with Gasteiger partial charge in [-0.2, -0.15) is 5.10 Å². The molecule has 1 N–H and O–H groups in total. The summed E-state index contributed by atoms with van der Waals surface area (Å²) < 4.78 is 2.15. The van der Waals surface area contributed by atoms with Crippen molar-refractivity contribution in [3.05, 3.63) is 12.2 Å². The fraction of sp³-hybridized carbons (Fsp3) is 0.846. The molecule has 1 aromatic rings. The van der Waals surface area contributed by atoms with Crippen LogP contribution in [0.2, 0.25) is 0 Å². The minimum atomic E-state index is 0.585. The van der Waals surface area contributed by atoms with Crippen LogP contribution in [0.1, 0.15) is 57.8 Å². The molecule has 1 saturated carbocycles. The topological polar surface area (TPSA) is 42.7 Å². The summed E-state index contributed by atoms with van der Waals surface area (Å²) in [6, 6.07) is 0.585. The average molecular weight is 236 g/mol. The van der Waals surface area contributed by atoms with Gasteiger partial charge in [0.05, 0.1) is 12.6 Å². The Labute approximate surface area is 104 Å². The van der Waals surface area contributed by atoms with E-state index in [2.05, 4.69) is 33.9 Å². The van der Waals surface area contributed by atoms with Gasteiger partial charge in [-0.15, -0.1) is 0 Å². The second kappa shape index (κ2) is 6.15. The largest absolute Gasteiger partial charge is 0.310 e. The lowest BCUT2D eigenvalue weighted by Crippen LogP contribution is -2.24. The van der Waals surface area contributed by atoms with Crippen molar-refractivity contribution >= 4 is 0 Å². The average Bonchev–Trinajstić information content (AvgIpc) is 2.78. The molecule has 0 radical (unpaired) electrons. The maximum absolute atomic E-state index is 4.40. The Balaban J connectivity index is 1.91. The van der Waals surface area contributed by atoms with Gasteiger partial charge in [-0.3, -0.25) is 0 Å². The van der Waals surface area contributed by atoms with Crippen molar-refractivity contribution in [2.24, 2.45) is 5.92 Å². The zero-order valence-corrected chi connectivity index (χ0v) is 11.0. The highest BCUT2D eigenvalue weighted by molar-refractivity contribution is 4.88. The van der Waals surface area contributed by atoms with E-state index < -0.39 is 0 Å². The van der Waals surface area contributed by atoms with Crippen molar-refractivity contribution < 1.29 is 0 Å². The van der Waals surface area contributed by atoms with Gasteiger partial charge >= 0.3 is 0 Å². The fourth-order valence-corrected chi connectivity index (χ4v) is 2.50. The first-order valence-corrected chi connectivity index (χ1v) is 6.86. The molecule has 1 aromatic heterocycles. The summed E-state index contributed by atoms with van der Waals surface area (Å²) in [6.07, 6.45) is 8.28. The predicted octanol–water partition coefficient (Wildman–Crippen LogP) is 2.53. The van der Waals surface area contributed by atoms with Gasteiger partial charge in [-0.05, 0) is 25.3 Å². The smallest absolute Gasteiger partial charge is 0.141 e. The molecule has 0 saturated heterocycles. The van der Waals surface area contributed by atoms with E-state index in [0.717, 1.165) is 18.9 Å². The summed E-state index contributed by atoms with van der Waals surface area (Å²) in [6.45, 7) is 6.32. The fourth-order valence-electron chi connectivity index (χ4n) is 2.50. The molecule has 2 rings (SSSR count). The Kier molecular flexibility index (Phi) is 4.54. The van der Waals surface area contributed by atoms with E-state index in [4.69, 9.17) is 0 Å². The summed E-state index contributed by atoms with van der Waals surface area (Å²) in [7, 11) is 0. The van der Waals surface area contributed by atoms with Gasteiger partial charge in [0.15, 0.2) is 0 Å². The van der Waals surface area contributed by atoms with Crippen molar-refractivity contribution in [1.29, 1.82) is 0 Å². The third-order valence-electron chi connectivity index (χ3n) is 3.40. The Morgan fingerprint density at radius 1 is 1.35 bits per heavy atom. The highest BCUT2D eigenvalue weighted by Gasteiger charge is 2.18. The van der Waals surface area contributed by atoms with Crippen molar-refractivity contribution in [1.82, 2.24) is 20.1 Å². The summed E-state index contributed by atoms with van der Waals surface area (Å²) in [4.78, 5) is 4.38. The van der Waals surface area contributed by atoms with E-state index in [1.165, 1.54) is 32.1 Å². The predicted molar refractivity (Wildman–Crippen MR) is 68.7 cm³/mol. The number of nitrogens with one attached hydrogen (secondary N) is 1. The van der Waals surface area contributed by atoms with E-state index in [0.29, 0.717) is 12.0 Å². The molecule has 0 unspecified atom stereocenters. The number of hydrogen-bond donors (Lipinski definition) is 1. The van der Waals surface area contributed by atoms with Gasteiger partial charge in [0.2, 0.25) is 0 Å². The molecule has 4 heteroatoms. The van der Waals surface area contributed by atoms with Crippen LogP contribution in [0.4, 0.5) is 0 Å². The van der Waals surface area contributed by atoms with Crippen molar-refractivity contribution in [3.8, 4) is 0 Å². The van der Waals surface area contributed by atoms with Gasteiger partial charge in [0, 0.05) is 0 Å². The van der Waals surface area contributed by atoms with Crippen LogP contribution in [0.25, 0.3) is 0 Å². The Hall–Kier alpha value is -0.900. The van der Waals surface area contributed by atoms with Crippen molar-refractivity contribution in [3.63, 3.8) is 0 Å². The van der Waals surface area contributed by atoms with Gasteiger partial charge in [0.1, 0.15) is 12.2 Å². The van der Waals surface area contributed by atoms with E-state index in [9.17, 15) is 0 Å². The third kappa shape index (κ3) is 3.53. The second-order valence-electron chi connectivity index (χ2n) is 5.44. The first kappa shape index (κ1) is 12.6. The lowest BCUT2D eigenvalue weighted by Gasteiger charge is -2.23. The number of aromatic nitrogens is 3. The second-order valence-corrected chi connectivity index (χ2v) is 5.44. The number of rotatable bonds is 5. The Bertz CT molecular complexity index is 326. The Morgan fingerprint density at radius 2 is 2.12 bits per heavy atom. The highest BCUT2D eigenvalue weighted by Crippen LogP contribution is 2.27. The van der Waals surface area contributed by atoms with E-state index in [1.54, 1.807) is 6.33 Å². The first-order valence-electron chi connectivity index (χ1n) is 6.86. The maximum Gasteiger partial charge on any atom is 0.141 e. The minimum absolute atomic E-state index is 0.585. The highest BCUT2D eigenvalue weighted by atomic mass is 15.4. The zero-order chi connectivity index (χ0) is 12.1. The SMILES string of the molecule is CC(C)CNCc1ncnn1C1CCCCC1. The van der Waals surface area contributed by atoms with Crippen LogP contribution in [0, 0.1) is 5.92 Å². The molecule has 1 aliphatic carbocycles. The van der Waals surface area contributed by atoms with Crippen LogP contribution >= 0.6 is 0 Å². The van der Waals surface area contributed by atoms with Crippen molar-refractivity contribution in [2.45, 2.75) is 58.5 Å². The number of hydrogen-bond acceptors (Lipinski definition) is 3. The van der Waals surface area contributed by atoms with Crippen LogP contribution in [0.3, 0.4) is 0 Å². The standard InChI is InChI=1S/C13H24N4/c1-11(2)8-14-9-13-15-10-16-17(13)12-6-4-3-5-7-12/h10-12,14H,3-9H2,1-2H3. The molecule has 0 bridgehead atoms. The van der Waals surface area contributed by atoms with Crippen LogP contribution in [-0.4, -0.2) is 21.3 Å². The molecule has 0 amide bonds. The molecular weight excluding hydrogens is 212 g/mol. The molecule has 1 fully saturated rings. The molecule has 0 aliphatic heterocycles. The molecule has 1 aliphatic rings. The minimum Gasteiger partial charge on any atom is -0.310 e. The molecule has 4 nitrogen and oxygen atoms in total. The molecule has 0 aromatic carbocycles. The maximum atomic E-state index is 4.40. The lowest BCUT2D eigenvalue weighted by molar-refractivity contribution is 0.318. The molecule has 17 heavy (non-hydrogen) atoms. The van der Waals surface area contributed by atoms with Crippen LogP contribution in [0.15, 0.2) is 6.33 Å². The summed E-state index contributed by atoms with van der Waals surface area (Å²) in [5.74, 6) is 1.78. The summed E-state index contributed by atoms with van der Waals surface area (Å²) in [5, 5.41) is 7.85. The van der Waals surface area contributed by atoms with Gasteiger partial charge < -0.3 is 5.32 Å². The van der Waals surface area contributed by atoms with Crippen LogP contribution in [-0.2, 0) is 6.54 Å². The van der Waals surface area contributed by atoms with E-state index in [-0.39, 0.29) is 0 Å².